The first kappa shape index (κ1) is 16.9. The number of para-hydroxylation sites is 1. The van der Waals surface area contributed by atoms with E-state index in [0.717, 1.165) is 0 Å². The number of nitrogens with one attached hydrogen (secondary N) is 1. The number of sulfonamides is 1. The Balaban J connectivity index is 2.08. The van der Waals surface area contributed by atoms with Crippen molar-refractivity contribution in [3.05, 3.63) is 30.0 Å². The molecule has 0 bridgehead atoms. The van der Waals surface area contributed by atoms with E-state index in [9.17, 15) is 8.42 Å². The lowest BCUT2D eigenvalue weighted by atomic mass is 9.89. The van der Waals surface area contributed by atoms with Gasteiger partial charge in [-0.1, -0.05) is 38.1 Å². The zero-order valence-electron chi connectivity index (χ0n) is 13.3. The van der Waals surface area contributed by atoms with Gasteiger partial charge in [-0.2, -0.15) is 0 Å². The standard InChI is InChI=1S/C15H22N2O4S/c1-15(2,3)14(20-4)9-16-22(18,19)10-12-11-7-5-6-8-13(11)21-17-12/h5-8,14,16H,9-10H2,1-4H3. The molecule has 1 unspecified atom stereocenters. The Bertz CT molecular complexity index is 731. The lowest BCUT2D eigenvalue weighted by molar-refractivity contribution is 0.0212. The second-order valence-corrected chi connectivity index (χ2v) is 8.13. The van der Waals surface area contributed by atoms with Crippen LogP contribution in [0.5, 0.6) is 0 Å². The van der Waals surface area contributed by atoms with Gasteiger partial charge >= 0.3 is 0 Å². The van der Waals surface area contributed by atoms with Crippen molar-refractivity contribution in [1.29, 1.82) is 0 Å². The fourth-order valence-electron chi connectivity index (χ4n) is 2.22. The molecule has 0 aliphatic heterocycles. The largest absolute Gasteiger partial charge is 0.380 e. The third kappa shape index (κ3) is 4.06. The highest BCUT2D eigenvalue weighted by Gasteiger charge is 2.26. The minimum absolute atomic E-state index is 0.155. The number of methoxy groups -OCH3 is 1. The third-order valence-corrected chi connectivity index (χ3v) is 4.78. The summed E-state index contributed by atoms with van der Waals surface area (Å²) in [4.78, 5) is 0. The summed E-state index contributed by atoms with van der Waals surface area (Å²) in [6.07, 6.45) is -0.212. The summed E-state index contributed by atoms with van der Waals surface area (Å²) in [5.74, 6) is -0.218. The zero-order valence-corrected chi connectivity index (χ0v) is 14.1. The Kier molecular flexibility index (Phi) is 4.89. The SMILES string of the molecule is COC(CNS(=O)(=O)Cc1noc2ccccc12)C(C)(C)C. The van der Waals surface area contributed by atoms with Gasteiger partial charge in [0.1, 0.15) is 11.4 Å². The number of ether oxygens (including phenoxy) is 1. The Hall–Kier alpha value is -1.44. The van der Waals surface area contributed by atoms with E-state index in [4.69, 9.17) is 9.26 Å². The predicted molar refractivity (Wildman–Crippen MR) is 84.9 cm³/mol. The molecule has 1 aromatic heterocycles. The molecule has 1 N–H and O–H groups in total. The maximum absolute atomic E-state index is 12.2. The van der Waals surface area contributed by atoms with E-state index in [0.29, 0.717) is 16.7 Å². The second kappa shape index (κ2) is 6.36. The van der Waals surface area contributed by atoms with Gasteiger partial charge in [-0.3, -0.25) is 0 Å². The zero-order chi connectivity index (χ0) is 16.4. The first-order valence-electron chi connectivity index (χ1n) is 7.06. The van der Waals surface area contributed by atoms with Gasteiger partial charge in [0.05, 0.1) is 6.10 Å². The molecule has 7 heteroatoms. The summed E-state index contributed by atoms with van der Waals surface area (Å²) in [5, 5.41) is 4.57. The first-order chi connectivity index (χ1) is 10.2. The number of aromatic nitrogens is 1. The van der Waals surface area contributed by atoms with Gasteiger partial charge in [-0.05, 0) is 17.5 Å². The van der Waals surface area contributed by atoms with Crippen LogP contribution >= 0.6 is 0 Å². The molecule has 122 valence electrons. The fraction of sp³-hybridized carbons (Fsp3) is 0.533. The molecule has 2 aromatic rings. The molecule has 0 fully saturated rings. The monoisotopic (exact) mass is 326 g/mol. The Labute approximate surface area is 130 Å². The summed E-state index contributed by atoms with van der Waals surface area (Å²) >= 11 is 0. The molecule has 0 spiro atoms. The van der Waals surface area contributed by atoms with Crippen LogP contribution in [0.2, 0.25) is 0 Å². The second-order valence-electron chi connectivity index (χ2n) is 6.32. The average Bonchev–Trinajstić information content (AvgIpc) is 2.81. The van der Waals surface area contributed by atoms with Crippen LogP contribution in [-0.2, 0) is 20.5 Å². The average molecular weight is 326 g/mol. The quantitative estimate of drug-likeness (QED) is 0.881. The Morgan fingerprint density at radius 2 is 2.00 bits per heavy atom. The number of rotatable bonds is 6. The summed E-state index contributed by atoms with van der Waals surface area (Å²) in [6.45, 7) is 6.22. The van der Waals surface area contributed by atoms with Gasteiger partial charge in [0.25, 0.3) is 0 Å². The van der Waals surface area contributed by atoms with Gasteiger partial charge < -0.3 is 9.26 Å². The fourth-order valence-corrected chi connectivity index (χ4v) is 3.29. The van der Waals surface area contributed by atoms with Gasteiger partial charge in [-0.25, -0.2) is 13.1 Å². The van der Waals surface area contributed by atoms with Gasteiger partial charge in [0.15, 0.2) is 5.58 Å². The highest BCUT2D eigenvalue weighted by Crippen LogP contribution is 2.22. The molecule has 1 atom stereocenters. The van der Waals surface area contributed by atoms with E-state index < -0.39 is 10.0 Å². The number of fused-ring (bicyclic) bond motifs is 1. The van der Waals surface area contributed by atoms with E-state index in [1.54, 1.807) is 19.2 Å². The molecule has 0 amide bonds. The number of hydrogen-bond donors (Lipinski definition) is 1. The van der Waals surface area contributed by atoms with Crippen LogP contribution in [0, 0.1) is 5.41 Å². The molecule has 0 radical (unpaired) electrons. The molecule has 22 heavy (non-hydrogen) atoms. The summed E-state index contributed by atoms with van der Waals surface area (Å²) < 4.78 is 37.5. The number of benzene rings is 1. The van der Waals surface area contributed by atoms with Crippen LogP contribution in [0.4, 0.5) is 0 Å². The van der Waals surface area contributed by atoms with E-state index in [-0.39, 0.29) is 23.8 Å². The maximum atomic E-state index is 12.2. The molecule has 0 aliphatic rings. The van der Waals surface area contributed by atoms with Crippen LogP contribution in [0.15, 0.2) is 28.8 Å². The number of hydrogen-bond acceptors (Lipinski definition) is 5. The van der Waals surface area contributed by atoms with Crippen molar-refractivity contribution in [1.82, 2.24) is 9.88 Å². The maximum Gasteiger partial charge on any atom is 0.217 e. The van der Waals surface area contributed by atoms with Gasteiger partial charge in [0.2, 0.25) is 10.0 Å². The van der Waals surface area contributed by atoms with E-state index in [2.05, 4.69) is 9.88 Å². The van der Waals surface area contributed by atoms with Crippen molar-refractivity contribution < 1.29 is 17.7 Å². The molecule has 0 saturated carbocycles. The number of nitrogens with zero attached hydrogens (tertiary/aromatic N) is 1. The van der Waals surface area contributed by atoms with E-state index >= 15 is 0 Å². The van der Waals surface area contributed by atoms with Gasteiger partial charge in [0, 0.05) is 19.0 Å². The smallest absolute Gasteiger partial charge is 0.217 e. The molecule has 1 aromatic carbocycles. The molecule has 0 aliphatic carbocycles. The normalized spacial score (nSPS) is 14.4. The third-order valence-electron chi connectivity index (χ3n) is 3.52. The lowest BCUT2D eigenvalue weighted by Gasteiger charge is -2.29. The van der Waals surface area contributed by atoms with Crippen LogP contribution in [0.25, 0.3) is 11.0 Å². The lowest BCUT2D eigenvalue weighted by Crippen LogP contribution is -2.40. The summed E-state index contributed by atoms with van der Waals surface area (Å²) in [5.41, 5.74) is 0.836. The van der Waals surface area contributed by atoms with Crippen molar-refractivity contribution in [2.45, 2.75) is 32.6 Å². The predicted octanol–water partition coefficient (Wildman–Crippen LogP) is 2.31. The molecule has 0 saturated heterocycles. The van der Waals surface area contributed by atoms with Crippen molar-refractivity contribution in [2.75, 3.05) is 13.7 Å². The van der Waals surface area contributed by atoms with Crippen LogP contribution < -0.4 is 4.72 Å². The topological polar surface area (TPSA) is 81.4 Å². The molecule has 1 heterocycles. The first-order valence-corrected chi connectivity index (χ1v) is 8.71. The minimum atomic E-state index is -3.51. The van der Waals surface area contributed by atoms with Gasteiger partial charge in [-0.15, -0.1) is 0 Å². The van der Waals surface area contributed by atoms with Crippen LogP contribution in [0.3, 0.4) is 0 Å². The molecule has 6 nitrogen and oxygen atoms in total. The van der Waals surface area contributed by atoms with Crippen molar-refractivity contribution in [3.63, 3.8) is 0 Å². The Morgan fingerprint density at radius 1 is 1.32 bits per heavy atom. The Morgan fingerprint density at radius 3 is 2.64 bits per heavy atom. The summed E-state index contributed by atoms with van der Waals surface area (Å²) in [7, 11) is -1.94. The molecule has 2 rings (SSSR count). The van der Waals surface area contributed by atoms with Crippen molar-refractivity contribution in [2.24, 2.45) is 5.41 Å². The van der Waals surface area contributed by atoms with Crippen LogP contribution in [0.1, 0.15) is 26.5 Å². The highest BCUT2D eigenvalue weighted by atomic mass is 32.2. The molecular weight excluding hydrogens is 304 g/mol. The van der Waals surface area contributed by atoms with E-state index in [1.165, 1.54) is 0 Å². The molecular formula is C15H22N2O4S. The highest BCUT2D eigenvalue weighted by molar-refractivity contribution is 7.88. The van der Waals surface area contributed by atoms with E-state index in [1.807, 2.05) is 32.9 Å². The summed E-state index contributed by atoms with van der Waals surface area (Å²) in [6, 6.07) is 7.19. The van der Waals surface area contributed by atoms with Crippen molar-refractivity contribution >= 4 is 21.0 Å². The minimum Gasteiger partial charge on any atom is -0.380 e. The van der Waals surface area contributed by atoms with Crippen molar-refractivity contribution in [3.8, 4) is 0 Å². The van der Waals surface area contributed by atoms with Crippen LogP contribution in [-0.4, -0.2) is 33.3 Å².